The number of likely N-dealkylation sites (N-methyl/N-ethyl adjacent to an activating group) is 1. The Hall–Kier alpha value is -3.52. The van der Waals surface area contributed by atoms with Gasteiger partial charge in [0.25, 0.3) is 0 Å². The molecule has 7 nitrogen and oxygen atoms in total. The van der Waals surface area contributed by atoms with Crippen molar-refractivity contribution in [2.24, 2.45) is 0 Å². The van der Waals surface area contributed by atoms with Crippen LogP contribution in [0, 0.1) is 0 Å². The summed E-state index contributed by atoms with van der Waals surface area (Å²) in [5.74, 6) is 1.61. The summed E-state index contributed by atoms with van der Waals surface area (Å²) >= 11 is 0. The number of hydrogen-bond donors (Lipinski definition) is 2. The topological polar surface area (TPSA) is 77.5 Å². The second-order valence-corrected chi connectivity index (χ2v) is 10.5. The molecular weight excluding hydrogens is 474 g/mol. The van der Waals surface area contributed by atoms with Crippen molar-refractivity contribution >= 4 is 5.57 Å². The van der Waals surface area contributed by atoms with Crippen LogP contribution in [0.15, 0.2) is 78.7 Å². The van der Waals surface area contributed by atoms with Crippen LogP contribution in [-0.4, -0.2) is 69.5 Å². The summed E-state index contributed by atoms with van der Waals surface area (Å²) in [6, 6.07) is 11.9. The minimum atomic E-state index is -0.262. The van der Waals surface area contributed by atoms with Gasteiger partial charge in [0.1, 0.15) is 18.2 Å². The maximum Gasteiger partial charge on any atom is 0.138 e. The Morgan fingerprint density at radius 3 is 2.61 bits per heavy atom. The average molecular weight is 512 g/mol. The van der Waals surface area contributed by atoms with E-state index in [1.165, 1.54) is 11.1 Å². The Balaban J connectivity index is 1.43. The van der Waals surface area contributed by atoms with Crippen molar-refractivity contribution in [3.05, 3.63) is 84.4 Å². The van der Waals surface area contributed by atoms with Crippen molar-refractivity contribution in [1.29, 1.82) is 0 Å². The van der Waals surface area contributed by atoms with E-state index in [1.807, 2.05) is 56.6 Å². The summed E-state index contributed by atoms with van der Waals surface area (Å²) in [6.45, 7) is 8.79. The highest BCUT2D eigenvalue weighted by Crippen LogP contribution is 2.46. The molecule has 2 aromatic heterocycles. The summed E-state index contributed by atoms with van der Waals surface area (Å²) in [7, 11) is 4.06. The van der Waals surface area contributed by atoms with Gasteiger partial charge in [0, 0.05) is 36.6 Å². The zero-order chi connectivity index (χ0) is 26.7. The lowest BCUT2D eigenvalue weighted by Gasteiger charge is -2.32. The first-order chi connectivity index (χ1) is 18.4. The van der Waals surface area contributed by atoms with Crippen molar-refractivity contribution in [2.75, 3.05) is 33.8 Å². The molecule has 1 aliphatic carbocycles. The second-order valence-electron chi connectivity index (χ2n) is 10.5. The first kappa shape index (κ1) is 26.1. The number of allylic oxidation sites excluding steroid dienone is 3. The SMILES string of the molecule is C=C(/C=C\C1=C(C)CCC12CCCN2O)c1nc(-c2ccc(OCCN(C)C)cc2)[nH]c1-c1ccncc1. The minimum Gasteiger partial charge on any atom is -0.492 e. The highest BCUT2D eigenvalue weighted by Gasteiger charge is 2.46. The van der Waals surface area contributed by atoms with Crippen molar-refractivity contribution in [2.45, 2.75) is 38.1 Å². The lowest BCUT2D eigenvalue weighted by atomic mass is 9.88. The quantitative estimate of drug-likeness (QED) is 0.344. The zero-order valence-electron chi connectivity index (χ0n) is 22.6. The monoisotopic (exact) mass is 511 g/mol. The summed E-state index contributed by atoms with van der Waals surface area (Å²) in [5.41, 5.74) is 6.76. The van der Waals surface area contributed by atoms with Crippen LogP contribution < -0.4 is 4.74 Å². The summed E-state index contributed by atoms with van der Waals surface area (Å²) in [6.07, 6.45) is 11.7. The lowest BCUT2D eigenvalue weighted by molar-refractivity contribution is -0.133. The molecule has 38 heavy (non-hydrogen) atoms. The van der Waals surface area contributed by atoms with Gasteiger partial charge in [0.15, 0.2) is 0 Å². The number of H-pyrrole nitrogens is 1. The van der Waals surface area contributed by atoms with Gasteiger partial charge in [-0.25, -0.2) is 4.98 Å². The number of hydroxylamine groups is 2. The fraction of sp³-hybridized carbons (Fsp3) is 0.355. The van der Waals surface area contributed by atoms with E-state index in [-0.39, 0.29) is 5.54 Å². The van der Waals surface area contributed by atoms with Crippen LogP contribution in [-0.2, 0) is 0 Å². The van der Waals surface area contributed by atoms with Gasteiger partial charge in [0.05, 0.1) is 16.9 Å². The Labute approximate surface area is 225 Å². The van der Waals surface area contributed by atoms with E-state index in [2.05, 4.69) is 34.4 Å². The lowest BCUT2D eigenvalue weighted by Crippen LogP contribution is -2.41. The van der Waals surface area contributed by atoms with Gasteiger partial charge in [-0.1, -0.05) is 24.3 Å². The molecule has 1 saturated heterocycles. The molecule has 5 rings (SSSR count). The molecule has 1 fully saturated rings. The molecule has 0 bridgehead atoms. The number of pyridine rings is 1. The molecule has 0 saturated carbocycles. The van der Waals surface area contributed by atoms with Crippen molar-refractivity contribution in [3.63, 3.8) is 0 Å². The highest BCUT2D eigenvalue weighted by molar-refractivity contribution is 5.83. The first-order valence-corrected chi connectivity index (χ1v) is 13.3. The number of ether oxygens (including phenoxy) is 1. The third-order valence-electron chi connectivity index (χ3n) is 7.69. The van der Waals surface area contributed by atoms with E-state index >= 15 is 0 Å². The molecule has 2 aliphatic rings. The first-order valence-electron chi connectivity index (χ1n) is 13.3. The second kappa shape index (κ2) is 11.1. The normalized spacial score (nSPS) is 19.9. The molecule has 198 valence electrons. The molecule has 0 amide bonds. The molecular formula is C31H37N5O2. The maximum atomic E-state index is 10.7. The Bertz CT molecular complexity index is 1340. The molecule has 0 radical (unpaired) electrons. The van der Waals surface area contributed by atoms with E-state index in [4.69, 9.17) is 9.72 Å². The smallest absolute Gasteiger partial charge is 0.138 e. The van der Waals surface area contributed by atoms with Crippen LogP contribution in [0.4, 0.5) is 0 Å². The van der Waals surface area contributed by atoms with E-state index in [0.717, 1.165) is 78.4 Å². The van der Waals surface area contributed by atoms with Crippen molar-refractivity contribution in [1.82, 2.24) is 24.9 Å². The Morgan fingerprint density at radius 1 is 1.16 bits per heavy atom. The van der Waals surface area contributed by atoms with Crippen LogP contribution in [0.5, 0.6) is 5.75 Å². The number of hydrogen-bond acceptors (Lipinski definition) is 6. The summed E-state index contributed by atoms with van der Waals surface area (Å²) in [4.78, 5) is 14.8. The number of aromatic amines is 1. The number of aromatic nitrogens is 3. The number of rotatable bonds is 9. The fourth-order valence-corrected chi connectivity index (χ4v) is 5.54. The van der Waals surface area contributed by atoms with Gasteiger partial charge < -0.3 is 19.8 Å². The van der Waals surface area contributed by atoms with Crippen LogP contribution in [0.2, 0.25) is 0 Å². The predicted molar refractivity (Wildman–Crippen MR) is 152 cm³/mol. The van der Waals surface area contributed by atoms with E-state index < -0.39 is 0 Å². The van der Waals surface area contributed by atoms with Gasteiger partial charge in [-0.15, -0.1) is 0 Å². The van der Waals surface area contributed by atoms with Gasteiger partial charge in [-0.3, -0.25) is 4.98 Å². The van der Waals surface area contributed by atoms with Gasteiger partial charge in [-0.05, 0) is 94.2 Å². The summed E-state index contributed by atoms with van der Waals surface area (Å²) < 4.78 is 5.85. The molecule has 1 spiro atoms. The van der Waals surface area contributed by atoms with Gasteiger partial charge in [-0.2, -0.15) is 5.06 Å². The minimum absolute atomic E-state index is 0.262. The number of nitrogens with zero attached hydrogens (tertiary/aromatic N) is 4. The van der Waals surface area contributed by atoms with E-state index in [0.29, 0.717) is 6.61 Å². The molecule has 1 aliphatic heterocycles. The Kier molecular flexibility index (Phi) is 7.61. The standard InChI is InChI=1S/C31H37N5O2/c1-22-12-16-31(15-5-19-36(31)37)27(22)11-6-23(2)28-29(24-13-17-32-18-14-24)34-30(33-28)25-7-9-26(10-8-25)38-21-20-35(3)4/h6-11,13-14,17-18,37H,2,5,12,15-16,19-21H2,1,3-4H3,(H,33,34)/b11-6-. The van der Waals surface area contributed by atoms with Crippen molar-refractivity contribution < 1.29 is 9.94 Å². The maximum absolute atomic E-state index is 10.7. The predicted octanol–water partition coefficient (Wildman–Crippen LogP) is 5.98. The van der Waals surface area contributed by atoms with Crippen LogP contribution in [0.3, 0.4) is 0 Å². The molecule has 1 aromatic carbocycles. The van der Waals surface area contributed by atoms with Gasteiger partial charge in [0.2, 0.25) is 0 Å². The van der Waals surface area contributed by atoms with Crippen LogP contribution in [0.25, 0.3) is 28.2 Å². The number of imidazole rings is 1. The number of benzene rings is 1. The molecule has 1 unspecified atom stereocenters. The van der Waals surface area contributed by atoms with Crippen molar-refractivity contribution in [3.8, 4) is 28.4 Å². The highest BCUT2D eigenvalue weighted by atomic mass is 16.5. The van der Waals surface area contributed by atoms with Crippen LogP contribution >= 0.6 is 0 Å². The number of nitrogens with one attached hydrogen (secondary N) is 1. The van der Waals surface area contributed by atoms with E-state index in [9.17, 15) is 5.21 Å². The summed E-state index contributed by atoms with van der Waals surface area (Å²) in [5, 5.41) is 12.2. The Morgan fingerprint density at radius 2 is 1.92 bits per heavy atom. The fourth-order valence-electron chi connectivity index (χ4n) is 5.54. The largest absolute Gasteiger partial charge is 0.492 e. The third kappa shape index (κ3) is 5.23. The van der Waals surface area contributed by atoms with Gasteiger partial charge >= 0.3 is 0 Å². The van der Waals surface area contributed by atoms with Crippen LogP contribution in [0.1, 0.15) is 38.3 Å². The molecule has 3 aromatic rings. The molecule has 1 atom stereocenters. The van der Waals surface area contributed by atoms with E-state index in [1.54, 1.807) is 17.5 Å². The molecule has 7 heteroatoms. The zero-order valence-corrected chi connectivity index (χ0v) is 22.6. The molecule has 2 N–H and O–H groups in total. The average Bonchev–Trinajstić information content (AvgIpc) is 3.61. The third-order valence-corrected chi connectivity index (χ3v) is 7.69. The molecule has 3 heterocycles.